The number of rotatable bonds is 7. The summed E-state index contributed by atoms with van der Waals surface area (Å²) in [5.41, 5.74) is 1.35. The van der Waals surface area contributed by atoms with Crippen molar-refractivity contribution in [2.24, 2.45) is 4.76 Å². The molecule has 0 bridgehead atoms. The van der Waals surface area contributed by atoms with Crippen LogP contribution >= 0.6 is 7.87 Å². The Morgan fingerprint density at radius 3 is 2.56 bits per heavy atom. The van der Waals surface area contributed by atoms with Gasteiger partial charge in [0.1, 0.15) is 5.56 Å². The van der Waals surface area contributed by atoms with Crippen molar-refractivity contribution in [3.8, 4) is 11.6 Å². The van der Waals surface area contributed by atoms with Crippen LogP contribution in [0.3, 0.4) is 0 Å². The first kappa shape index (κ1) is 26.0. The molecule has 0 saturated heterocycles. The number of hydrogen-bond donors (Lipinski definition) is 6. The number of nitrogens with zero attached hydrogens (tertiary/aromatic N) is 3. The number of nitrogens with one attached hydrogen (secondary N) is 3. The van der Waals surface area contributed by atoms with Gasteiger partial charge in [-0.2, -0.15) is 14.5 Å². The first-order valence-corrected chi connectivity index (χ1v) is 14.6. The number of H-pyrrole nitrogens is 1. The van der Waals surface area contributed by atoms with Crippen molar-refractivity contribution < 1.29 is 28.0 Å². The standard InChI is InChI=1S/C22H29N6O6PS/c1-6-34-35(31)16-9-14(27-36(5,32)33)7-8-15(16)25-20(26-35)17-18(29)19(22(2,3)4)28(21(17)30)12-13-10-23-24-11-13/h7-11,27,31H,6,12H2,1-5H3,(H3-,23,24,25,26,29,30)/p+1. The Kier molecular flexibility index (Phi) is 6.54. The van der Waals surface area contributed by atoms with Crippen molar-refractivity contribution in [3.05, 3.63) is 47.4 Å². The van der Waals surface area contributed by atoms with Gasteiger partial charge in [-0.05, 0) is 23.8 Å². The lowest BCUT2D eigenvalue weighted by atomic mass is 9.91. The highest BCUT2D eigenvalue weighted by molar-refractivity contribution is 7.92. The Hall–Kier alpha value is -3.12. The van der Waals surface area contributed by atoms with Crippen molar-refractivity contribution in [1.82, 2.24) is 14.8 Å². The lowest BCUT2D eigenvalue weighted by Gasteiger charge is -2.23. The number of aromatic nitrogens is 3. The number of benzene rings is 1. The van der Waals surface area contributed by atoms with E-state index < -0.39 is 23.3 Å². The van der Waals surface area contributed by atoms with E-state index in [1.165, 1.54) is 12.1 Å². The number of aromatic amines is 1. The van der Waals surface area contributed by atoms with Gasteiger partial charge in [0.25, 0.3) is 0 Å². The third-order valence-corrected chi connectivity index (χ3v) is 8.16. The van der Waals surface area contributed by atoms with E-state index in [1.807, 2.05) is 20.8 Å². The average Bonchev–Trinajstić information content (AvgIpc) is 3.33. The number of hydrogen-bond acceptors (Lipinski definition) is 9. The lowest BCUT2D eigenvalue weighted by Crippen LogP contribution is -2.28. The molecule has 0 saturated carbocycles. The molecule has 3 heterocycles. The minimum Gasteiger partial charge on any atom is -0.505 e. The van der Waals surface area contributed by atoms with Gasteiger partial charge in [-0.3, -0.25) is 9.82 Å². The van der Waals surface area contributed by atoms with Gasteiger partial charge in [-0.1, -0.05) is 20.8 Å². The monoisotopic (exact) mass is 537 g/mol. The topological polar surface area (TPSA) is 174 Å². The van der Waals surface area contributed by atoms with E-state index >= 15 is 0 Å². The van der Waals surface area contributed by atoms with Gasteiger partial charge in [0.05, 0.1) is 42.7 Å². The van der Waals surface area contributed by atoms with Gasteiger partial charge in [-0.15, -0.1) is 0 Å². The minimum absolute atomic E-state index is 0.0190. The summed E-state index contributed by atoms with van der Waals surface area (Å²) in [4.78, 5) is 11.5. The number of anilines is 2. The quantitative estimate of drug-likeness (QED) is 0.249. The molecule has 2 aromatic heterocycles. The summed E-state index contributed by atoms with van der Waals surface area (Å²) < 4.78 is 37.5. The Labute approximate surface area is 209 Å². The van der Waals surface area contributed by atoms with Crippen LogP contribution in [0.25, 0.3) is 0 Å². The van der Waals surface area contributed by atoms with E-state index in [4.69, 9.17) is 4.52 Å². The van der Waals surface area contributed by atoms with Gasteiger partial charge >= 0.3 is 7.87 Å². The molecule has 36 heavy (non-hydrogen) atoms. The van der Waals surface area contributed by atoms with E-state index in [0.29, 0.717) is 11.4 Å². The van der Waals surface area contributed by atoms with Crippen molar-refractivity contribution in [1.29, 1.82) is 0 Å². The molecule has 12 nitrogen and oxygen atoms in total. The molecule has 1 aliphatic heterocycles. The van der Waals surface area contributed by atoms with E-state index in [0.717, 1.165) is 11.8 Å². The number of fused-ring (bicyclic) bond motifs is 1. The molecular weight excluding hydrogens is 507 g/mol. The smallest absolute Gasteiger partial charge is 0.432 e. The number of aromatic hydroxyl groups is 2. The second-order valence-corrected chi connectivity index (χ2v) is 13.3. The van der Waals surface area contributed by atoms with E-state index in [-0.39, 0.29) is 47.2 Å². The van der Waals surface area contributed by atoms with E-state index in [1.54, 1.807) is 30.0 Å². The third-order valence-electron chi connectivity index (χ3n) is 5.47. The summed E-state index contributed by atoms with van der Waals surface area (Å²) in [6, 6.07) is 4.55. The van der Waals surface area contributed by atoms with Crippen molar-refractivity contribution in [3.63, 3.8) is 0 Å². The molecule has 3 aromatic rings. The van der Waals surface area contributed by atoms with Crippen LogP contribution < -0.4 is 15.3 Å². The van der Waals surface area contributed by atoms with Crippen LogP contribution in [0.1, 0.15) is 44.5 Å². The maximum absolute atomic E-state index is 11.7. The van der Waals surface area contributed by atoms with Gasteiger partial charge in [0.15, 0.2) is 11.6 Å². The van der Waals surface area contributed by atoms with Crippen LogP contribution in [-0.4, -0.2) is 57.0 Å². The Balaban J connectivity index is 1.87. The molecule has 1 atom stereocenters. The molecule has 1 aromatic carbocycles. The zero-order chi connectivity index (χ0) is 26.5. The van der Waals surface area contributed by atoms with Gasteiger partial charge in [0.2, 0.25) is 21.2 Å². The second kappa shape index (κ2) is 9.07. The maximum Gasteiger partial charge on any atom is 0.432 e. The van der Waals surface area contributed by atoms with Crippen molar-refractivity contribution >= 4 is 40.4 Å². The molecule has 194 valence electrons. The zero-order valence-corrected chi connectivity index (χ0v) is 22.3. The summed E-state index contributed by atoms with van der Waals surface area (Å²) in [7, 11) is -7.21. The summed E-state index contributed by atoms with van der Waals surface area (Å²) in [6.07, 6.45) is 4.34. The average molecular weight is 538 g/mol. The first-order valence-electron chi connectivity index (χ1n) is 11.1. The van der Waals surface area contributed by atoms with Crippen LogP contribution in [0.5, 0.6) is 11.6 Å². The Morgan fingerprint density at radius 2 is 1.97 bits per heavy atom. The molecule has 0 radical (unpaired) electrons. The van der Waals surface area contributed by atoms with Crippen LogP contribution in [-0.2, 0) is 26.5 Å². The summed E-state index contributed by atoms with van der Waals surface area (Å²) in [5, 5.41) is 32.6. The van der Waals surface area contributed by atoms with Crippen LogP contribution in [0.4, 0.5) is 11.4 Å². The fourth-order valence-corrected chi connectivity index (χ4v) is 6.55. The second-order valence-electron chi connectivity index (χ2n) is 9.48. The molecule has 1 unspecified atom stereocenters. The SMILES string of the molecule is CCO[P+]1(O)N=C(c2c(O)c(C(C)(C)C)n(Cc3cn[nH]c3)c2O)Nc2ccc(NS(C)(=O)=O)cc21. The number of amidine groups is 1. The predicted octanol–water partition coefficient (Wildman–Crippen LogP) is 2.63. The van der Waals surface area contributed by atoms with E-state index in [2.05, 4.69) is 25.0 Å². The number of sulfonamides is 1. The fraction of sp³-hybridized carbons (Fsp3) is 0.364. The minimum atomic E-state index is -3.67. The zero-order valence-electron chi connectivity index (χ0n) is 20.6. The van der Waals surface area contributed by atoms with Crippen LogP contribution in [0, 0.1) is 0 Å². The lowest BCUT2D eigenvalue weighted by molar-refractivity contribution is 0.318. The Bertz CT molecular complexity index is 1430. The largest absolute Gasteiger partial charge is 0.505 e. The van der Waals surface area contributed by atoms with Crippen molar-refractivity contribution in [2.45, 2.75) is 39.7 Å². The first-order chi connectivity index (χ1) is 16.7. The summed E-state index contributed by atoms with van der Waals surface area (Å²) in [5.74, 6) is -0.398. The molecule has 0 fully saturated rings. The normalized spacial score (nSPS) is 17.9. The van der Waals surface area contributed by atoms with Crippen LogP contribution in [0.2, 0.25) is 0 Å². The highest BCUT2D eigenvalue weighted by atomic mass is 32.2. The molecule has 4 rings (SSSR count). The van der Waals surface area contributed by atoms with E-state index in [9.17, 15) is 23.5 Å². The molecular formula is C22H30N6O6PS+. The molecule has 1 aliphatic rings. The highest BCUT2D eigenvalue weighted by Crippen LogP contribution is 2.60. The predicted molar refractivity (Wildman–Crippen MR) is 140 cm³/mol. The van der Waals surface area contributed by atoms with Gasteiger partial charge < -0.3 is 20.1 Å². The van der Waals surface area contributed by atoms with Crippen LogP contribution in [0.15, 0.2) is 35.4 Å². The van der Waals surface area contributed by atoms with Gasteiger partial charge in [-0.25, -0.2) is 8.42 Å². The molecule has 0 amide bonds. The summed E-state index contributed by atoms with van der Waals surface area (Å²) in [6.45, 7) is 7.77. The maximum atomic E-state index is 11.7. The molecule has 0 spiro atoms. The van der Waals surface area contributed by atoms with Crippen molar-refractivity contribution in [2.75, 3.05) is 22.9 Å². The molecule has 6 N–H and O–H groups in total. The highest BCUT2D eigenvalue weighted by Gasteiger charge is 2.49. The Morgan fingerprint density at radius 1 is 1.25 bits per heavy atom. The van der Waals surface area contributed by atoms with Gasteiger partial charge in [0, 0.05) is 23.2 Å². The third kappa shape index (κ3) is 4.92. The fourth-order valence-electron chi connectivity index (χ4n) is 4.16. The summed E-state index contributed by atoms with van der Waals surface area (Å²) >= 11 is 0. The molecule has 0 aliphatic carbocycles. The molecule has 14 heteroatoms.